The van der Waals surface area contributed by atoms with Crippen LogP contribution in [0.4, 0.5) is 5.69 Å². The van der Waals surface area contributed by atoms with Crippen LogP contribution < -0.4 is 10.5 Å². The number of morpholine rings is 1. The van der Waals surface area contributed by atoms with E-state index in [1.165, 1.54) is 11.1 Å². The van der Waals surface area contributed by atoms with E-state index in [1.807, 2.05) is 6.07 Å². The average Bonchev–Trinajstić information content (AvgIpc) is 2.77. The Hall–Kier alpha value is -1.63. The summed E-state index contributed by atoms with van der Waals surface area (Å²) in [6.07, 6.45) is 2.95. The van der Waals surface area contributed by atoms with Crippen molar-refractivity contribution in [2.45, 2.75) is 19.1 Å². The minimum absolute atomic E-state index is 0.0669. The van der Waals surface area contributed by atoms with Gasteiger partial charge in [0.1, 0.15) is 18.3 Å². The maximum Gasteiger partial charge on any atom is 0.142 e. The molecule has 1 saturated heterocycles. The van der Waals surface area contributed by atoms with Crippen molar-refractivity contribution in [1.29, 1.82) is 0 Å². The van der Waals surface area contributed by atoms with E-state index in [2.05, 4.69) is 15.9 Å². The molecule has 0 aromatic heterocycles. The second kappa shape index (κ2) is 7.29. The predicted octanol–water partition coefficient (Wildman–Crippen LogP) is 0.535. The lowest BCUT2D eigenvalue weighted by molar-refractivity contribution is -0.121. The SMILES string of the molecule is COc1cc2c(cc1N)CCN(C1CN(CC=O)CCO1)CC2. The van der Waals surface area contributed by atoms with E-state index in [1.54, 1.807) is 7.11 Å². The molecule has 2 heterocycles. The zero-order chi connectivity index (χ0) is 16.2. The third-order valence-electron chi connectivity index (χ3n) is 4.76. The Labute approximate surface area is 137 Å². The molecule has 6 nitrogen and oxygen atoms in total. The van der Waals surface area contributed by atoms with Gasteiger partial charge in [0.25, 0.3) is 0 Å². The van der Waals surface area contributed by atoms with E-state index in [0.29, 0.717) is 18.8 Å². The molecule has 3 rings (SSSR count). The maximum absolute atomic E-state index is 10.7. The summed E-state index contributed by atoms with van der Waals surface area (Å²) < 4.78 is 11.3. The van der Waals surface area contributed by atoms with Gasteiger partial charge in [-0.3, -0.25) is 9.80 Å². The van der Waals surface area contributed by atoms with Crippen LogP contribution in [0.1, 0.15) is 11.1 Å². The molecule has 1 unspecified atom stereocenters. The Morgan fingerprint density at radius 1 is 1.30 bits per heavy atom. The molecule has 0 aliphatic carbocycles. The lowest BCUT2D eigenvalue weighted by Crippen LogP contribution is -2.52. The van der Waals surface area contributed by atoms with Gasteiger partial charge in [-0.1, -0.05) is 0 Å². The van der Waals surface area contributed by atoms with Crippen LogP contribution in [0.3, 0.4) is 0 Å². The Morgan fingerprint density at radius 3 is 2.74 bits per heavy atom. The molecule has 0 amide bonds. The minimum atomic E-state index is 0.0669. The number of benzene rings is 1. The standard InChI is InChI=1S/C17H25N3O3/c1-22-16-11-14-3-5-20(4-2-13(14)10-15(16)18)17-12-19(6-8-21)7-9-23-17/h8,10-11,17H,2-7,9,12,18H2,1H3. The highest BCUT2D eigenvalue weighted by Gasteiger charge is 2.27. The van der Waals surface area contributed by atoms with Gasteiger partial charge in [0, 0.05) is 26.2 Å². The fraction of sp³-hybridized carbons (Fsp3) is 0.588. The number of rotatable bonds is 4. The number of aldehydes is 1. The monoisotopic (exact) mass is 319 g/mol. The van der Waals surface area contributed by atoms with Crippen LogP contribution in [0.15, 0.2) is 12.1 Å². The second-order valence-electron chi connectivity index (χ2n) is 6.15. The van der Waals surface area contributed by atoms with Crippen LogP contribution in [-0.2, 0) is 22.4 Å². The van der Waals surface area contributed by atoms with E-state index in [9.17, 15) is 4.79 Å². The molecular weight excluding hydrogens is 294 g/mol. The van der Waals surface area contributed by atoms with E-state index < -0.39 is 0 Å². The first-order valence-electron chi connectivity index (χ1n) is 8.18. The molecule has 2 aliphatic rings. The summed E-state index contributed by atoms with van der Waals surface area (Å²) in [6, 6.07) is 4.10. The molecule has 6 heteroatoms. The highest BCUT2D eigenvalue weighted by atomic mass is 16.5. The van der Waals surface area contributed by atoms with E-state index in [0.717, 1.165) is 51.1 Å². The van der Waals surface area contributed by atoms with Crippen LogP contribution in [0.5, 0.6) is 5.75 Å². The van der Waals surface area contributed by atoms with Crippen molar-refractivity contribution in [1.82, 2.24) is 9.80 Å². The zero-order valence-electron chi connectivity index (χ0n) is 13.7. The highest BCUT2D eigenvalue weighted by Crippen LogP contribution is 2.28. The number of carbonyl (C=O) groups is 1. The average molecular weight is 319 g/mol. The van der Waals surface area contributed by atoms with Crippen LogP contribution in [0.2, 0.25) is 0 Å². The Kier molecular flexibility index (Phi) is 5.15. The molecule has 2 N–H and O–H groups in total. The third-order valence-corrected chi connectivity index (χ3v) is 4.76. The number of carbonyl (C=O) groups excluding carboxylic acids is 1. The van der Waals surface area contributed by atoms with Crippen molar-refractivity contribution in [3.05, 3.63) is 23.3 Å². The van der Waals surface area contributed by atoms with E-state index >= 15 is 0 Å². The third kappa shape index (κ3) is 3.65. The maximum atomic E-state index is 10.7. The van der Waals surface area contributed by atoms with Crippen LogP contribution in [0.25, 0.3) is 0 Å². The first-order valence-corrected chi connectivity index (χ1v) is 8.18. The number of methoxy groups -OCH3 is 1. The summed E-state index contributed by atoms with van der Waals surface area (Å²) in [5.41, 5.74) is 9.33. The molecule has 2 aliphatic heterocycles. The number of nitrogens with zero attached hydrogens (tertiary/aromatic N) is 2. The van der Waals surface area contributed by atoms with Crippen molar-refractivity contribution in [3.8, 4) is 5.75 Å². The van der Waals surface area contributed by atoms with Crippen molar-refractivity contribution >= 4 is 12.0 Å². The highest BCUT2D eigenvalue weighted by molar-refractivity contribution is 5.57. The summed E-state index contributed by atoms with van der Waals surface area (Å²) in [7, 11) is 1.65. The summed E-state index contributed by atoms with van der Waals surface area (Å²) in [6.45, 7) is 4.68. The molecular formula is C17H25N3O3. The van der Waals surface area contributed by atoms with E-state index in [-0.39, 0.29) is 6.23 Å². The molecule has 0 bridgehead atoms. The second-order valence-corrected chi connectivity index (χ2v) is 6.15. The molecule has 23 heavy (non-hydrogen) atoms. The molecule has 1 aromatic rings. The van der Waals surface area contributed by atoms with Gasteiger partial charge >= 0.3 is 0 Å². The summed E-state index contributed by atoms with van der Waals surface area (Å²) >= 11 is 0. The normalized spacial score (nSPS) is 23.1. The topological polar surface area (TPSA) is 68.0 Å². The van der Waals surface area contributed by atoms with Gasteiger partial charge in [-0.2, -0.15) is 0 Å². The smallest absolute Gasteiger partial charge is 0.142 e. The van der Waals surface area contributed by atoms with Gasteiger partial charge in [-0.05, 0) is 36.1 Å². The number of anilines is 1. The Bertz CT molecular complexity index is 564. The lowest BCUT2D eigenvalue weighted by Gasteiger charge is -2.38. The van der Waals surface area contributed by atoms with Gasteiger partial charge in [-0.15, -0.1) is 0 Å². The molecule has 1 fully saturated rings. The summed E-state index contributed by atoms with van der Waals surface area (Å²) in [4.78, 5) is 15.3. The lowest BCUT2D eigenvalue weighted by atomic mass is 10.0. The molecule has 0 radical (unpaired) electrons. The Balaban J connectivity index is 1.68. The van der Waals surface area contributed by atoms with Crippen LogP contribution in [0, 0.1) is 0 Å². The first kappa shape index (κ1) is 16.2. The van der Waals surface area contributed by atoms with Gasteiger partial charge < -0.3 is 20.0 Å². The van der Waals surface area contributed by atoms with Crippen molar-refractivity contribution in [3.63, 3.8) is 0 Å². The Morgan fingerprint density at radius 2 is 2.04 bits per heavy atom. The number of nitrogen functional groups attached to an aromatic ring is 1. The summed E-state index contributed by atoms with van der Waals surface area (Å²) in [5.74, 6) is 0.753. The molecule has 1 aromatic carbocycles. The van der Waals surface area contributed by atoms with Crippen LogP contribution in [-0.4, -0.2) is 68.8 Å². The molecule has 0 spiro atoms. The van der Waals surface area contributed by atoms with Crippen LogP contribution >= 0.6 is 0 Å². The van der Waals surface area contributed by atoms with Crippen molar-refractivity contribution in [2.75, 3.05) is 52.2 Å². The van der Waals surface area contributed by atoms with Gasteiger partial charge in [-0.25, -0.2) is 0 Å². The zero-order valence-corrected chi connectivity index (χ0v) is 13.7. The minimum Gasteiger partial charge on any atom is -0.495 e. The summed E-state index contributed by atoms with van der Waals surface area (Å²) in [5, 5.41) is 0. The fourth-order valence-electron chi connectivity index (χ4n) is 3.43. The number of hydrogen-bond acceptors (Lipinski definition) is 6. The first-order chi connectivity index (χ1) is 11.2. The largest absolute Gasteiger partial charge is 0.495 e. The van der Waals surface area contributed by atoms with Crippen molar-refractivity contribution < 1.29 is 14.3 Å². The fourth-order valence-corrected chi connectivity index (χ4v) is 3.43. The van der Waals surface area contributed by atoms with Crippen molar-refractivity contribution in [2.24, 2.45) is 0 Å². The number of hydrogen-bond donors (Lipinski definition) is 1. The number of ether oxygens (including phenoxy) is 2. The van der Waals surface area contributed by atoms with E-state index in [4.69, 9.17) is 15.2 Å². The number of fused-ring (bicyclic) bond motifs is 1. The predicted molar refractivity (Wildman–Crippen MR) is 88.6 cm³/mol. The van der Waals surface area contributed by atoms with Gasteiger partial charge in [0.15, 0.2) is 0 Å². The quantitative estimate of drug-likeness (QED) is 0.645. The molecule has 1 atom stereocenters. The van der Waals surface area contributed by atoms with Gasteiger partial charge in [0.05, 0.1) is 25.9 Å². The molecule has 126 valence electrons. The van der Waals surface area contributed by atoms with Gasteiger partial charge in [0.2, 0.25) is 0 Å². The molecule has 0 saturated carbocycles. The number of nitrogens with two attached hydrogens (primary N) is 1.